The lowest BCUT2D eigenvalue weighted by atomic mass is 10.2. The van der Waals surface area contributed by atoms with Gasteiger partial charge in [0.15, 0.2) is 0 Å². The molecule has 0 aliphatic rings. The fraction of sp³-hybridized carbons (Fsp3) is 0.250. The van der Waals surface area contributed by atoms with Crippen LogP contribution in [0.5, 0.6) is 0 Å². The number of aryl methyl sites for hydroxylation is 1. The molecule has 0 spiro atoms. The maximum Gasteiger partial charge on any atom is 0.0542 e. The van der Waals surface area contributed by atoms with Crippen molar-refractivity contribution in [3.05, 3.63) is 46.2 Å². The first kappa shape index (κ1) is 12.3. The average molecular weight is 270 g/mol. The Bertz CT molecular complexity index is 502. The van der Waals surface area contributed by atoms with Crippen molar-refractivity contribution in [2.24, 2.45) is 7.05 Å². The highest BCUT2D eigenvalue weighted by molar-refractivity contribution is 6.35. The Balaban J connectivity index is 2.15. The van der Waals surface area contributed by atoms with Gasteiger partial charge in [0.1, 0.15) is 0 Å². The van der Waals surface area contributed by atoms with Gasteiger partial charge in [-0.1, -0.05) is 23.2 Å². The van der Waals surface area contributed by atoms with Crippen LogP contribution in [0.15, 0.2) is 30.6 Å². The Labute approximate surface area is 110 Å². The lowest BCUT2D eigenvalue weighted by Crippen LogP contribution is -2.05. The van der Waals surface area contributed by atoms with E-state index in [2.05, 4.69) is 17.3 Å². The van der Waals surface area contributed by atoms with E-state index in [9.17, 15) is 0 Å². The minimum atomic E-state index is 0.151. The summed E-state index contributed by atoms with van der Waals surface area (Å²) in [6, 6.07) is 5.56. The number of hydrogen-bond donors (Lipinski definition) is 1. The van der Waals surface area contributed by atoms with E-state index in [4.69, 9.17) is 23.2 Å². The maximum absolute atomic E-state index is 5.94. The van der Waals surface area contributed by atoms with E-state index >= 15 is 0 Å². The first-order chi connectivity index (χ1) is 8.04. The molecule has 0 aliphatic carbocycles. The second-order valence-corrected chi connectivity index (χ2v) is 4.84. The summed E-state index contributed by atoms with van der Waals surface area (Å²) in [6.07, 6.45) is 3.81. The lowest BCUT2D eigenvalue weighted by Gasteiger charge is -2.14. The summed E-state index contributed by atoms with van der Waals surface area (Å²) in [6.45, 7) is 2.06. The zero-order valence-electron chi connectivity index (χ0n) is 9.61. The largest absolute Gasteiger partial charge is 0.378 e. The van der Waals surface area contributed by atoms with E-state index in [0.29, 0.717) is 10.0 Å². The van der Waals surface area contributed by atoms with E-state index in [-0.39, 0.29) is 6.04 Å². The number of anilines is 1. The van der Waals surface area contributed by atoms with Crippen LogP contribution >= 0.6 is 23.2 Å². The summed E-state index contributed by atoms with van der Waals surface area (Å²) >= 11 is 11.9. The highest BCUT2D eigenvalue weighted by Crippen LogP contribution is 2.25. The Morgan fingerprint density at radius 3 is 2.41 bits per heavy atom. The van der Waals surface area contributed by atoms with E-state index in [0.717, 1.165) is 11.3 Å². The molecule has 1 unspecified atom stereocenters. The standard InChI is InChI=1S/C12H13Cl2N3/c1-8(9-6-15-17(2)7-9)16-12-4-10(13)3-11(14)5-12/h3-8,16H,1-2H3. The van der Waals surface area contributed by atoms with Crippen molar-refractivity contribution in [2.45, 2.75) is 13.0 Å². The quantitative estimate of drug-likeness (QED) is 0.916. The van der Waals surface area contributed by atoms with Crippen LogP contribution in [0, 0.1) is 0 Å². The Morgan fingerprint density at radius 2 is 1.88 bits per heavy atom. The molecule has 1 N–H and O–H groups in total. The Hall–Kier alpha value is -1.19. The molecule has 0 fully saturated rings. The number of nitrogens with zero attached hydrogens (tertiary/aromatic N) is 2. The molecule has 0 bridgehead atoms. The fourth-order valence-corrected chi connectivity index (χ4v) is 2.16. The predicted molar refractivity (Wildman–Crippen MR) is 71.7 cm³/mol. The molecule has 2 aromatic rings. The van der Waals surface area contributed by atoms with E-state index in [1.54, 1.807) is 10.7 Å². The van der Waals surface area contributed by atoms with Crippen LogP contribution in [0.1, 0.15) is 18.5 Å². The van der Waals surface area contributed by atoms with Crippen molar-refractivity contribution >= 4 is 28.9 Å². The van der Waals surface area contributed by atoms with Gasteiger partial charge in [0.05, 0.1) is 12.2 Å². The molecular weight excluding hydrogens is 257 g/mol. The number of hydrogen-bond acceptors (Lipinski definition) is 2. The smallest absolute Gasteiger partial charge is 0.0542 e. The van der Waals surface area contributed by atoms with Gasteiger partial charge in [0, 0.05) is 34.5 Å². The molecule has 1 atom stereocenters. The van der Waals surface area contributed by atoms with E-state index in [1.165, 1.54) is 0 Å². The average Bonchev–Trinajstić information content (AvgIpc) is 2.63. The second kappa shape index (κ2) is 4.98. The SMILES string of the molecule is CC(Nc1cc(Cl)cc(Cl)c1)c1cnn(C)c1. The normalized spacial score (nSPS) is 12.5. The van der Waals surface area contributed by atoms with Gasteiger partial charge in [-0.05, 0) is 25.1 Å². The topological polar surface area (TPSA) is 29.9 Å². The first-order valence-corrected chi connectivity index (χ1v) is 6.01. The monoisotopic (exact) mass is 269 g/mol. The first-order valence-electron chi connectivity index (χ1n) is 5.26. The highest BCUT2D eigenvalue weighted by Gasteiger charge is 2.08. The van der Waals surface area contributed by atoms with Gasteiger partial charge in [-0.2, -0.15) is 5.10 Å². The van der Waals surface area contributed by atoms with Crippen LogP contribution in [-0.4, -0.2) is 9.78 Å². The molecule has 2 rings (SSSR count). The van der Waals surface area contributed by atoms with Gasteiger partial charge < -0.3 is 5.32 Å². The third-order valence-corrected chi connectivity index (χ3v) is 2.91. The summed E-state index contributed by atoms with van der Waals surface area (Å²) < 4.78 is 1.78. The molecule has 17 heavy (non-hydrogen) atoms. The molecule has 5 heteroatoms. The van der Waals surface area contributed by atoms with E-state index < -0.39 is 0 Å². The molecule has 0 saturated heterocycles. The van der Waals surface area contributed by atoms with Gasteiger partial charge in [-0.15, -0.1) is 0 Å². The van der Waals surface area contributed by atoms with Crippen LogP contribution in [0.4, 0.5) is 5.69 Å². The molecular formula is C12H13Cl2N3. The molecule has 0 saturated carbocycles. The zero-order valence-corrected chi connectivity index (χ0v) is 11.1. The van der Waals surface area contributed by atoms with Gasteiger partial charge in [-0.3, -0.25) is 4.68 Å². The van der Waals surface area contributed by atoms with Crippen LogP contribution in [0.3, 0.4) is 0 Å². The fourth-order valence-electron chi connectivity index (χ4n) is 1.63. The van der Waals surface area contributed by atoms with Gasteiger partial charge in [-0.25, -0.2) is 0 Å². The third kappa shape index (κ3) is 3.14. The summed E-state index contributed by atoms with van der Waals surface area (Å²) in [5.74, 6) is 0. The van der Waals surface area contributed by atoms with Crippen molar-refractivity contribution in [3.63, 3.8) is 0 Å². The van der Waals surface area contributed by atoms with Gasteiger partial charge >= 0.3 is 0 Å². The number of aromatic nitrogens is 2. The molecule has 0 amide bonds. The van der Waals surface area contributed by atoms with Crippen LogP contribution in [-0.2, 0) is 7.05 Å². The van der Waals surface area contributed by atoms with E-state index in [1.807, 2.05) is 31.6 Å². The number of benzene rings is 1. The second-order valence-electron chi connectivity index (χ2n) is 3.97. The molecule has 1 aromatic carbocycles. The molecule has 0 aliphatic heterocycles. The van der Waals surface area contributed by atoms with Crippen molar-refractivity contribution in [1.82, 2.24) is 9.78 Å². The van der Waals surface area contributed by atoms with Crippen molar-refractivity contribution in [1.29, 1.82) is 0 Å². The summed E-state index contributed by atoms with van der Waals surface area (Å²) in [5.41, 5.74) is 2.02. The third-order valence-electron chi connectivity index (χ3n) is 2.47. The summed E-state index contributed by atoms with van der Waals surface area (Å²) in [7, 11) is 1.90. The van der Waals surface area contributed by atoms with Crippen molar-refractivity contribution < 1.29 is 0 Å². The molecule has 1 heterocycles. The highest BCUT2D eigenvalue weighted by atomic mass is 35.5. The predicted octanol–water partition coefficient (Wildman–Crippen LogP) is 3.90. The molecule has 3 nitrogen and oxygen atoms in total. The van der Waals surface area contributed by atoms with Crippen LogP contribution in [0.25, 0.3) is 0 Å². The number of rotatable bonds is 3. The summed E-state index contributed by atoms with van der Waals surface area (Å²) in [4.78, 5) is 0. The van der Waals surface area contributed by atoms with Crippen molar-refractivity contribution in [3.8, 4) is 0 Å². The summed E-state index contributed by atoms with van der Waals surface area (Å²) in [5, 5.41) is 8.72. The zero-order chi connectivity index (χ0) is 12.4. The lowest BCUT2D eigenvalue weighted by molar-refractivity contribution is 0.765. The van der Waals surface area contributed by atoms with Crippen molar-refractivity contribution in [2.75, 3.05) is 5.32 Å². The molecule has 0 radical (unpaired) electrons. The van der Waals surface area contributed by atoms with Gasteiger partial charge in [0.2, 0.25) is 0 Å². The van der Waals surface area contributed by atoms with Crippen LogP contribution in [0.2, 0.25) is 10.0 Å². The van der Waals surface area contributed by atoms with Crippen LogP contribution < -0.4 is 5.32 Å². The number of halogens is 2. The minimum absolute atomic E-state index is 0.151. The molecule has 1 aromatic heterocycles. The molecule has 90 valence electrons. The number of nitrogens with one attached hydrogen (secondary N) is 1. The Morgan fingerprint density at radius 1 is 1.24 bits per heavy atom. The Kier molecular flexibility index (Phi) is 3.60. The maximum atomic E-state index is 5.94. The van der Waals surface area contributed by atoms with Gasteiger partial charge in [0.25, 0.3) is 0 Å². The minimum Gasteiger partial charge on any atom is -0.378 e.